The molecule has 0 amide bonds. The van der Waals surface area contributed by atoms with E-state index in [9.17, 15) is 0 Å². The van der Waals surface area contributed by atoms with E-state index in [0.29, 0.717) is 0 Å². The highest BCUT2D eigenvalue weighted by Gasteiger charge is 2.13. The molecule has 0 spiro atoms. The second-order valence-electron chi connectivity index (χ2n) is 5.17. The molecule has 1 rings (SSSR count). The number of hydrogen-bond donors (Lipinski definition) is 2. The van der Waals surface area contributed by atoms with Gasteiger partial charge < -0.3 is 10.6 Å². The van der Waals surface area contributed by atoms with E-state index >= 15 is 0 Å². The van der Waals surface area contributed by atoms with Crippen LogP contribution < -0.4 is 10.6 Å². The van der Waals surface area contributed by atoms with Crippen LogP contribution in [0.3, 0.4) is 0 Å². The molecule has 0 heterocycles. The number of nitrogens with one attached hydrogen (secondary N) is 2. The largest absolute Gasteiger partial charge is 0.314 e. The van der Waals surface area contributed by atoms with Gasteiger partial charge in [0.05, 0.1) is 0 Å². The van der Waals surface area contributed by atoms with Gasteiger partial charge in [-0.25, -0.2) is 0 Å². The fourth-order valence-corrected chi connectivity index (χ4v) is 1.59. The van der Waals surface area contributed by atoms with Gasteiger partial charge in [0.15, 0.2) is 0 Å². The molecular formula is C14H24N2. The Labute approximate surface area is 99.5 Å². The Morgan fingerprint density at radius 1 is 1.19 bits per heavy atom. The van der Waals surface area contributed by atoms with Crippen molar-refractivity contribution in [2.24, 2.45) is 0 Å². The molecule has 1 aromatic carbocycles. The molecular weight excluding hydrogens is 196 g/mol. The summed E-state index contributed by atoms with van der Waals surface area (Å²) in [6.45, 7) is 10.6. The lowest BCUT2D eigenvalue weighted by Crippen LogP contribution is -2.45. The summed E-state index contributed by atoms with van der Waals surface area (Å²) in [5.74, 6) is 0. The minimum Gasteiger partial charge on any atom is -0.314 e. The van der Waals surface area contributed by atoms with Crippen molar-refractivity contribution >= 4 is 0 Å². The van der Waals surface area contributed by atoms with Gasteiger partial charge in [-0.15, -0.1) is 0 Å². The maximum absolute atomic E-state index is 3.50. The Morgan fingerprint density at radius 2 is 1.88 bits per heavy atom. The quantitative estimate of drug-likeness (QED) is 0.796. The summed E-state index contributed by atoms with van der Waals surface area (Å²) in [6, 6.07) is 6.61. The van der Waals surface area contributed by atoms with Gasteiger partial charge in [-0.05, 0) is 45.9 Å². The molecule has 2 N–H and O–H groups in total. The zero-order valence-corrected chi connectivity index (χ0v) is 11.1. The third-order valence-corrected chi connectivity index (χ3v) is 3.06. The molecule has 90 valence electrons. The molecule has 0 unspecified atom stereocenters. The van der Waals surface area contributed by atoms with Crippen LogP contribution in [0.1, 0.15) is 30.5 Å². The molecule has 0 saturated heterocycles. The number of rotatable bonds is 5. The predicted octanol–water partition coefficient (Wildman–Crippen LogP) is 2.39. The van der Waals surface area contributed by atoms with Crippen LogP contribution in [0.25, 0.3) is 0 Å². The number of likely N-dealkylation sites (N-methyl/N-ethyl adjacent to an activating group) is 1. The molecule has 0 aromatic heterocycles. The van der Waals surface area contributed by atoms with E-state index in [1.54, 1.807) is 0 Å². The highest BCUT2D eigenvalue weighted by Crippen LogP contribution is 2.10. The van der Waals surface area contributed by atoms with Crippen LogP contribution in [0.4, 0.5) is 0 Å². The van der Waals surface area contributed by atoms with Gasteiger partial charge in [0.1, 0.15) is 0 Å². The van der Waals surface area contributed by atoms with E-state index in [1.165, 1.54) is 16.7 Å². The maximum atomic E-state index is 3.50. The molecule has 2 heteroatoms. The Morgan fingerprint density at radius 3 is 2.50 bits per heavy atom. The fraction of sp³-hybridized carbons (Fsp3) is 0.571. The van der Waals surface area contributed by atoms with E-state index in [1.807, 2.05) is 7.05 Å². The van der Waals surface area contributed by atoms with E-state index in [-0.39, 0.29) is 5.54 Å². The first-order valence-electron chi connectivity index (χ1n) is 5.90. The van der Waals surface area contributed by atoms with Crippen molar-refractivity contribution in [3.8, 4) is 0 Å². The molecule has 0 radical (unpaired) electrons. The van der Waals surface area contributed by atoms with Gasteiger partial charge in [-0.2, -0.15) is 0 Å². The molecule has 0 aliphatic heterocycles. The van der Waals surface area contributed by atoms with Gasteiger partial charge in [-0.1, -0.05) is 23.8 Å². The zero-order valence-electron chi connectivity index (χ0n) is 11.1. The molecule has 16 heavy (non-hydrogen) atoms. The lowest BCUT2D eigenvalue weighted by Gasteiger charge is -2.24. The van der Waals surface area contributed by atoms with Crippen molar-refractivity contribution in [3.63, 3.8) is 0 Å². The first-order chi connectivity index (χ1) is 7.44. The van der Waals surface area contributed by atoms with E-state index < -0.39 is 0 Å². The average molecular weight is 220 g/mol. The Bertz CT molecular complexity index is 343. The van der Waals surface area contributed by atoms with Crippen LogP contribution in [0.15, 0.2) is 18.2 Å². The summed E-state index contributed by atoms with van der Waals surface area (Å²) in [6.07, 6.45) is 0. The van der Waals surface area contributed by atoms with Crippen molar-refractivity contribution in [3.05, 3.63) is 34.9 Å². The zero-order chi connectivity index (χ0) is 12.2. The van der Waals surface area contributed by atoms with E-state index in [0.717, 1.165) is 13.1 Å². The molecule has 2 nitrogen and oxygen atoms in total. The minimum absolute atomic E-state index is 0.151. The Balaban J connectivity index is 2.52. The molecule has 0 atom stereocenters. The van der Waals surface area contributed by atoms with Gasteiger partial charge in [0.25, 0.3) is 0 Å². The normalized spacial score (nSPS) is 11.8. The second kappa shape index (κ2) is 5.46. The van der Waals surface area contributed by atoms with Crippen molar-refractivity contribution in [1.29, 1.82) is 0 Å². The Kier molecular flexibility index (Phi) is 4.51. The third kappa shape index (κ3) is 3.95. The molecule has 0 bridgehead atoms. The highest BCUT2D eigenvalue weighted by molar-refractivity contribution is 5.30. The summed E-state index contributed by atoms with van der Waals surface area (Å²) < 4.78 is 0. The van der Waals surface area contributed by atoms with Crippen molar-refractivity contribution in [2.75, 3.05) is 13.6 Å². The van der Waals surface area contributed by atoms with Crippen LogP contribution in [0.2, 0.25) is 0 Å². The smallest absolute Gasteiger partial charge is 0.0246 e. The summed E-state index contributed by atoms with van der Waals surface area (Å²) in [7, 11) is 2.00. The number of aryl methyl sites for hydroxylation is 2. The molecule has 0 aliphatic rings. The molecule has 0 fully saturated rings. The summed E-state index contributed by atoms with van der Waals surface area (Å²) in [4.78, 5) is 0. The lowest BCUT2D eigenvalue weighted by molar-refractivity contribution is 0.393. The van der Waals surface area contributed by atoms with E-state index in [2.05, 4.69) is 56.5 Å². The second-order valence-corrected chi connectivity index (χ2v) is 5.17. The fourth-order valence-electron chi connectivity index (χ4n) is 1.59. The average Bonchev–Trinajstić information content (AvgIpc) is 2.23. The highest BCUT2D eigenvalue weighted by atomic mass is 15.0. The van der Waals surface area contributed by atoms with Crippen LogP contribution in [0, 0.1) is 13.8 Å². The molecule has 0 saturated carbocycles. The van der Waals surface area contributed by atoms with Gasteiger partial charge >= 0.3 is 0 Å². The van der Waals surface area contributed by atoms with Crippen LogP contribution in [0.5, 0.6) is 0 Å². The van der Waals surface area contributed by atoms with Crippen LogP contribution in [-0.2, 0) is 6.54 Å². The summed E-state index contributed by atoms with van der Waals surface area (Å²) in [5.41, 5.74) is 4.24. The maximum Gasteiger partial charge on any atom is 0.0246 e. The topological polar surface area (TPSA) is 24.1 Å². The Hall–Kier alpha value is -0.860. The van der Waals surface area contributed by atoms with E-state index in [4.69, 9.17) is 0 Å². The first kappa shape index (κ1) is 13.2. The standard InChI is InChI=1S/C14H24N2/c1-11-6-7-12(2)13(8-11)9-16-10-14(3,4)15-5/h6-8,15-16H,9-10H2,1-5H3. The number of hydrogen-bond acceptors (Lipinski definition) is 2. The van der Waals surface area contributed by atoms with Crippen LogP contribution >= 0.6 is 0 Å². The van der Waals surface area contributed by atoms with Crippen molar-refractivity contribution in [2.45, 2.75) is 39.8 Å². The monoisotopic (exact) mass is 220 g/mol. The lowest BCUT2D eigenvalue weighted by atomic mass is 10.0. The van der Waals surface area contributed by atoms with Crippen molar-refractivity contribution in [1.82, 2.24) is 10.6 Å². The molecule has 1 aromatic rings. The predicted molar refractivity (Wildman–Crippen MR) is 70.8 cm³/mol. The van der Waals surface area contributed by atoms with Crippen LogP contribution in [-0.4, -0.2) is 19.1 Å². The van der Waals surface area contributed by atoms with Gasteiger partial charge in [0, 0.05) is 18.6 Å². The minimum atomic E-state index is 0.151. The first-order valence-corrected chi connectivity index (χ1v) is 5.90. The SMILES string of the molecule is CNC(C)(C)CNCc1cc(C)ccc1C. The van der Waals surface area contributed by atoms with Gasteiger partial charge in [0.2, 0.25) is 0 Å². The number of benzene rings is 1. The van der Waals surface area contributed by atoms with Crippen molar-refractivity contribution < 1.29 is 0 Å². The third-order valence-electron chi connectivity index (χ3n) is 3.06. The summed E-state index contributed by atoms with van der Waals surface area (Å²) in [5, 5.41) is 6.79. The molecule has 0 aliphatic carbocycles. The summed E-state index contributed by atoms with van der Waals surface area (Å²) >= 11 is 0. The van der Waals surface area contributed by atoms with Gasteiger partial charge in [-0.3, -0.25) is 0 Å².